The molecule has 2 aromatic rings. The van der Waals surface area contributed by atoms with E-state index in [2.05, 4.69) is 0 Å². The van der Waals surface area contributed by atoms with E-state index >= 15 is 0 Å². The lowest BCUT2D eigenvalue weighted by molar-refractivity contribution is -0.121. The number of amides is 1. The number of methoxy groups -OCH3 is 1. The van der Waals surface area contributed by atoms with Crippen LogP contribution >= 0.6 is 24.0 Å². The molecule has 0 aliphatic carbocycles. The van der Waals surface area contributed by atoms with Gasteiger partial charge in [0.05, 0.1) is 12.0 Å². The Bertz CT molecular complexity index is 798. The van der Waals surface area contributed by atoms with Crippen molar-refractivity contribution in [2.24, 2.45) is 0 Å². The van der Waals surface area contributed by atoms with Gasteiger partial charge in [0, 0.05) is 12.1 Å². The number of rotatable bonds is 3. The van der Waals surface area contributed by atoms with Crippen LogP contribution < -0.4 is 4.74 Å². The summed E-state index contributed by atoms with van der Waals surface area (Å²) in [4.78, 5) is 14.7. The summed E-state index contributed by atoms with van der Waals surface area (Å²) in [5.74, 6) is 0.716. The zero-order valence-corrected chi connectivity index (χ0v) is 14.0. The molecule has 0 unspecified atom stereocenters. The quantitative estimate of drug-likeness (QED) is 0.627. The molecule has 1 amide bonds. The van der Waals surface area contributed by atoms with Crippen LogP contribution in [0.3, 0.4) is 0 Å². The van der Waals surface area contributed by atoms with Crippen LogP contribution in [0.2, 0.25) is 0 Å². The molecule has 2 aromatic carbocycles. The number of hydrogen-bond donors (Lipinski definition) is 0. The number of nitrogens with zero attached hydrogens (tertiary/aromatic N) is 1. The molecule has 1 aliphatic heterocycles. The van der Waals surface area contributed by atoms with Gasteiger partial charge >= 0.3 is 0 Å². The predicted octanol–water partition coefficient (Wildman–Crippen LogP) is 4.07. The number of benzene rings is 2. The van der Waals surface area contributed by atoms with Gasteiger partial charge in [-0.15, -0.1) is 0 Å². The molecule has 1 heterocycles. The van der Waals surface area contributed by atoms with Crippen LogP contribution in [0.5, 0.6) is 5.75 Å². The zero-order chi connectivity index (χ0) is 15.7. The van der Waals surface area contributed by atoms with Crippen molar-refractivity contribution in [3.05, 3.63) is 46.9 Å². The molecule has 5 heteroatoms. The number of thioether (sulfide) groups is 1. The number of thiocarbonyl (C=S) groups is 1. The molecule has 3 nitrogen and oxygen atoms in total. The molecule has 0 radical (unpaired) electrons. The second-order valence-corrected chi connectivity index (χ2v) is 6.50. The summed E-state index contributed by atoms with van der Waals surface area (Å²) in [5, 5.41) is 2.17. The Balaban J connectivity index is 2.16. The number of carbonyl (C=O) groups is 1. The Morgan fingerprint density at radius 2 is 2.05 bits per heavy atom. The fourth-order valence-electron chi connectivity index (χ4n) is 2.51. The van der Waals surface area contributed by atoms with Gasteiger partial charge in [-0.3, -0.25) is 9.69 Å². The van der Waals surface area contributed by atoms with Crippen LogP contribution in [0.15, 0.2) is 41.3 Å². The smallest absolute Gasteiger partial charge is 0.266 e. The van der Waals surface area contributed by atoms with Crippen molar-refractivity contribution >= 4 is 51.1 Å². The highest BCUT2D eigenvalue weighted by atomic mass is 32.2. The molecule has 0 spiro atoms. The summed E-state index contributed by atoms with van der Waals surface area (Å²) in [5.41, 5.74) is 0.914. The maximum Gasteiger partial charge on any atom is 0.266 e. The molecular weight excluding hydrogens is 314 g/mol. The summed E-state index contributed by atoms with van der Waals surface area (Å²) < 4.78 is 6.08. The van der Waals surface area contributed by atoms with Crippen LogP contribution in [0.25, 0.3) is 16.8 Å². The average Bonchev–Trinajstić information content (AvgIpc) is 2.81. The minimum Gasteiger partial charge on any atom is -0.496 e. The Morgan fingerprint density at radius 1 is 1.27 bits per heavy atom. The molecule has 3 rings (SSSR count). The highest BCUT2D eigenvalue weighted by Gasteiger charge is 2.31. The van der Waals surface area contributed by atoms with E-state index in [0.717, 1.165) is 22.1 Å². The van der Waals surface area contributed by atoms with E-state index in [1.54, 1.807) is 12.0 Å². The van der Waals surface area contributed by atoms with Gasteiger partial charge in [0.1, 0.15) is 10.1 Å². The lowest BCUT2D eigenvalue weighted by atomic mass is 10.0. The van der Waals surface area contributed by atoms with Crippen molar-refractivity contribution in [2.75, 3.05) is 13.7 Å². The van der Waals surface area contributed by atoms with E-state index in [1.165, 1.54) is 11.8 Å². The molecule has 1 aliphatic rings. The third kappa shape index (κ3) is 2.51. The standard InChI is InChI=1S/C17H15NO2S2/c1-3-18-16(19)15(22-17(18)21)10-13-12-7-5-4-6-11(12)8-9-14(13)20-2/h4-10H,3H2,1-2H3. The summed E-state index contributed by atoms with van der Waals surface area (Å²) in [6.45, 7) is 2.51. The zero-order valence-electron chi connectivity index (χ0n) is 12.3. The minimum absolute atomic E-state index is 0.0347. The highest BCUT2D eigenvalue weighted by molar-refractivity contribution is 8.26. The molecule has 0 aromatic heterocycles. The minimum atomic E-state index is -0.0347. The van der Waals surface area contributed by atoms with Gasteiger partial charge in [0.15, 0.2) is 0 Å². The first-order valence-corrected chi connectivity index (χ1v) is 8.19. The predicted molar refractivity (Wildman–Crippen MR) is 96.1 cm³/mol. The molecule has 0 bridgehead atoms. The van der Waals surface area contributed by atoms with Gasteiger partial charge < -0.3 is 4.74 Å². The van der Waals surface area contributed by atoms with E-state index in [4.69, 9.17) is 17.0 Å². The Labute approximate surface area is 138 Å². The molecule has 0 atom stereocenters. The van der Waals surface area contributed by atoms with Gasteiger partial charge in [-0.25, -0.2) is 0 Å². The maximum absolute atomic E-state index is 12.4. The van der Waals surface area contributed by atoms with E-state index < -0.39 is 0 Å². The maximum atomic E-state index is 12.4. The number of likely N-dealkylation sites (N-methyl/N-ethyl adjacent to an activating group) is 1. The van der Waals surface area contributed by atoms with Crippen molar-refractivity contribution in [1.29, 1.82) is 0 Å². The largest absolute Gasteiger partial charge is 0.496 e. The molecule has 1 fully saturated rings. The monoisotopic (exact) mass is 329 g/mol. The lowest BCUT2D eigenvalue weighted by Crippen LogP contribution is -2.27. The number of hydrogen-bond acceptors (Lipinski definition) is 4. The first-order chi connectivity index (χ1) is 10.7. The Hall–Kier alpha value is -1.85. The van der Waals surface area contributed by atoms with Crippen molar-refractivity contribution in [3.8, 4) is 5.75 Å². The third-order valence-corrected chi connectivity index (χ3v) is 4.99. The lowest BCUT2D eigenvalue weighted by Gasteiger charge is -2.10. The van der Waals surface area contributed by atoms with E-state index in [0.29, 0.717) is 15.8 Å². The van der Waals surface area contributed by atoms with Gasteiger partial charge in [0.25, 0.3) is 5.91 Å². The molecule has 0 N–H and O–H groups in total. The van der Waals surface area contributed by atoms with Crippen molar-refractivity contribution in [1.82, 2.24) is 4.90 Å². The van der Waals surface area contributed by atoms with Crippen molar-refractivity contribution in [2.45, 2.75) is 6.92 Å². The van der Waals surface area contributed by atoms with E-state index in [9.17, 15) is 4.79 Å². The number of fused-ring (bicyclic) bond motifs is 1. The first-order valence-electron chi connectivity index (χ1n) is 6.96. The fourth-order valence-corrected chi connectivity index (χ4v) is 3.87. The van der Waals surface area contributed by atoms with Gasteiger partial charge in [0.2, 0.25) is 0 Å². The Morgan fingerprint density at radius 3 is 2.73 bits per heavy atom. The summed E-state index contributed by atoms with van der Waals surface area (Å²) in [7, 11) is 1.64. The average molecular weight is 329 g/mol. The van der Waals surface area contributed by atoms with Crippen LogP contribution in [0, 0.1) is 0 Å². The summed E-state index contributed by atoms with van der Waals surface area (Å²) >= 11 is 6.61. The second-order valence-electron chi connectivity index (χ2n) is 4.83. The van der Waals surface area contributed by atoms with Gasteiger partial charge in [-0.1, -0.05) is 54.3 Å². The number of ether oxygens (including phenoxy) is 1. The van der Waals surface area contributed by atoms with Crippen LogP contribution in [-0.4, -0.2) is 28.8 Å². The highest BCUT2D eigenvalue weighted by Crippen LogP contribution is 2.36. The molecular formula is C17H15NO2S2. The summed E-state index contributed by atoms with van der Waals surface area (Å²) in [6, 6.07) is 12.0. The normalized spacial score (nSPS) is 16.8. The van der Waals surface area contributed by atoms with E-state index in [1.807, 2.05) is 49.4 Å². The molecule has 0 saturated carbocycles. The molecule has 112 valence electrons. The SMILES string of the molecule is CCN1C(=O)C(=Cc2c(OC)ccc3ccccc23)SC1=S. The third-order valence-electron chi connectivity index (χ3n) is 3.62. The van der Waals surface area contributed by atoms with Crippen molar-refractivity contribution < 1.29 is 9.53 Å². The van der Waals surface area contributed by atoms with Crippen molar-refractivity contribution in [3.63, 3.8) is 0 Å². The van der Waals surface area contributed by atoms with E-state index in [-0.39, 0.29) is 5.91 Å². The summed E-state index contributed by atoms with van der Waals surface area (Å²) in [6.07, 6.45) is 1.89. The molecule has 1 saturated heterocycles. The van der Waals surface area contributed by atoms with Gasteiger partial charge in [-0.2, -0.15) is 0 Å². The van der Waals surface area contributed by atoms with Gasteiger partial charge in [-0.05, 0) is 29.8 Å². The second kappa shape index (κ2) is 6.10. The Kier molecular flexibility index (Phi) is 4.18. The first kappa shape index (κ1) is 15.1. The van der Waals surface area contributed by atoms with Crippen LogP contribution in [0.1, 0.15) is 12.5 Å². The van der Waals surface area contributed by atoms with Crippen LogP contribution in [0.4, 0.5) is 0 Å². The fraction of sp³-hybridized carbons (Fsp3) is 0.176. The number of carbonyl (C=O) groups excluding carboxylic acids is 1. The molecule has 22 heavy (non-hydrogen) atoms. The topological polar surface area (TPSA) is 29.5 Å². The van der Waals surface area contributed by atoms with Crippen LogP contribution in [-0.2, 0) is 4.79 Å².